The van der Waals surface area contributed by atoms with Crippen molar-refractivity contribution >= 4 is 46.2 Å². The highest BCUT2D eigenvalue weighted by atomic mass is 35.5. The van der Waals surface area contributed by atoms with Gasteiger partial charge in [-0.05, 0) is 49.0 Å². The standard InChI is InChI=1S/C17H15ClN2O2S2/c1-9-14(16(21)22-2)15(20-17(23)19-9)13-7-6-12(24-13)10-4-3-5-11(18)8-10/h3-8,15H,1-2H3,(H2,19,20,23)/t15-/m0/s1. The van der Waals surface area contributed by atoms with E-state index in [2.05, 4.69) is 10.6 Å². The number of esters is 1. The first-order chi connectivity index (χ1) is 11.5. The number of nitrogens with one attached hydrogen (secondary N) is 2. The average Bonchev–Trinajstić information content (AvgIpc) is 3.03. The van der Waals surface area contributed by atoms with E-state index in [1.54, 1.807) is 11.3 Å². The van der Waals surface area contributed by atoms with Crippen LogP contribution >= 0.6 is 35.2 Å². The molecule has 0 aliphatic carbocycles. The Kier molecular flexibility index (Phi) is 4.89. The molecule has 1 aliphatic rings. The van der Waals surface area contributed by atoms with E-state index in [1.807, 2.05) is 43.3 Å². The number of thiophene rings is 1. The molecule has 0 amide bonds. The highest BCUT2D eigenvalue weighted by molar-refractivity contribution is 7.80. The van der Waals surface area contributed by atoms with Gasteiger partial charge in [-0.1, -0.05) is 23.7 Å². The monoisotopic (exact) mass is 378 g/mol. The largest absolute Gasteiger partial charge is 0.466 e. The van der Waals surface area contributed by atoms with E-state index in [4.69, 9.17) is 28.6 Å². The molecule has 0 fully saturated rings. The normalized spacial score (nSPS) is 17.3. The summed E-state index contributed by atoms with van der Waals surface area (Å²) >= 11 is 12.9. The van der Waals surface area contributed by atoms with Crippen LogP contribution in [0.15, 0.2) is 47.7 Å². The number of carbonyl (C=O) groups excluding carboxylic acids is 1. The van der Waals surface area contributed by atoms with E-state index in [-0.39, 0.29) is 12.0 Å². The molecule has 24 heavy (non-hydrogen) atoms. The zero-order valence-corrected chi connectivity index (χ0v) is 15.4. The second-order valence-corrected chi connectivity index (χ2v) is 7.23. The zero-order valence-electron chi connectivity index (χ0n) is 13.1. The number of hydrogen-bond acceptors (Lipinski definition) is 4. The van der Waals surface area contributed by atoms with E-state index in [0.29, 0.717) is 21.4 Å². The van der Waals surface area contributed by atoms with Crippen LogP contribution in [0.5, 0.6) is 0 Å². The van der Waals surface area contributed by atoms with Crippen molar-refractivity contribution in [2.24, 2.45) is 0 Å². The zero-order chi connectivity index (χ0) is 17.3. The van der Waals surface area contributed by atoms with Crippen LogP contribution in [0.4, 0.5) is 0 Å². The van der Waals surface area contributed by atoms with E-state index in [9.17, 15) is 4.79 Å². The van der Waals surface area contributed by atoms with Gasteiger partial charge in [0, 0.05) is 20.5 Å². The number of thiocarbonyl (C=S) groups is 1. The molecular formula is C17H15ClN2O2S2. The lowest BCUT2D eigenvalue weighted by molar-refractivity contribution is -0.136. The van der Waals surface area contributed by atoms with Crippen molar-refractivity contribution in [2.75, 3.05) is 7.11 Å². The molecule has 1 aromatic heterocycles. The Balaban J connectivity index is 2.00. The minimum Gasteiger partial charge on any atom is -0.466 e. The molecular weight excluding hydrogens is 364 g/mol. The Morgan fingerprint density at radius 2 is 2.12 bits per heavy atom. The topological polar surface area (TPSA) is 50.4 Å². The first-order valence-electron chi connectivity index (χ1n) is 7.22. The van der Waals surface area contributed by atoms with Gasteiger partial charge in [-0.15, -0.1) is 11.3 Å². The fraction of sp³-hybridized carbons (Fsp3) is 0.176. The summed E-state index contributed by atoms with van der Waals surface area (Å²) in [6.45, 7) is 1.82. The Morgan fingerprint density at radius 3 is 2.83 bits per heavy atom. The summed E-state index contributed by atoms with van der Waals surface area (Å²) in [6.07, 6.45) is 0. The predicted octanol–water partition coefficient (Wildman–Crippen LogP) is 4.03. The molecule has 2 N–H and O–H groups in total. The highest BCUT2D eigenvalue weighted by Crippen LogP contribution is 2.36. The van der Waals surface area contributed by atoms with Crippen LogP contribution in [-0.2, 0) is 9.53 Å². The average molecular weight is 379 g/mol. The number of ether oxygens (including phenoxy) is 1. The van der Waals surface area contributed by atoms with Gasteiger partial charge in [0.25, 0.3) is 0 Å². The number of carbonyl (C=O) groups is 1. The lowest BCUT2D eigenvalue weighted by Gasteiger charge is -2.28. The summed E-state index contributed by atoms with van der Waals surface area (Å²) in [5.74, 6) is -0.377. The van der Waals surface area contributed by atoms with Gasteiger partial charge >= 0.3 is 5.97 Å². The third-order valence-electron chi connectivity index (χ3n) is 3.69. The third kappa shape index (κ3) is 3.31. The minimum atomic E-state index is -0.377. The summed E-state index contributed by atoms with van der Waals surface area (Å²) in [5, 5.41) is 7.31. The molecule has 0 saturated carbocycles. The van der Waals surface area contributed by atoms with Crippen LogP contribution < -0.4 is 10.6 Å². The fourth-order valence-corrected chi connectivity index (χ4v) is 4.12. The lowest BCUT2D eigenvalue weighted by atomic mass is 10.0. The maximum Gasteiger partial charge on any atom is 0.337 e. The molecule has 7 heteroatoms. The van der Waals surface area contributed by atoms with Crippen molar-refractivity contribution in [3.05, 3.63) is 57.6 Å². The third-order valence-corrected chi connectivity index (χ3v) is 5.35. The first kappa shape index (κ1) is 17.0. The SMILES string of the molecule is COC(=O)C1=C(C)NC(=S)N[C@H]1c1ccc(-c2cccc(Cl)c2)s1. The van der Waals surface area contributed by atoms with Crippen LogP contribution in [0.1, 0.15) is 17.8 Å². The molecule has 1 atom stereocenters. The van der Waals surface area contributed by atoms with E-state index in [0.717, 1.165) is 15.3 Å². The second kappa shape index (κ2) is 6.93. The minimum absolute atomic E-state index is 0.330. The predicted molar refractivity (Wildman–Crippen MR) is 101 cm³/mol. The van der Waals surface area contributed by atoms with Crippen LogP contribution in [0.2, 0.25) is 5.02 Å². The van der Waals surface area contributed by atoms with Gasteiger partial charge < -0.3 is 15.4 Å². The Hall–Kier alpha value is -1.89. The Morgan fingerprint density at radius 1 is 1.33 bits per heavy atom. The van der Waals surface area contributed by atoms with Gasteiger partial charge in [-0.25, -0.2) is 4.79 Å². The fourth-order valence-electron chi connectivity index (χ4n) is 2.59. The van der Waals surface area contributed by atoms with Crippen molar-refractivity contribution < 1.29 is 9.53 Å². The van der Waals surface area contributed by atoms with Gasteiger partial charge in [0.1, 0.15) is 0 Å². The van der Waals surface area contributed by atoms with Crippen LogP contribution in [0.3, 0.4) is 0 Å². The molecule has 2 aromatic rings. The van der Waals surface area contributed by atoms with E-state index < -0.39 is 0 Å². The van der Waals surface area contributed by atoms with Gasteiger partial charge in [0.2, 0.25) is 0 Å². The van der Waals surface area contributed by atoms with Crippen molar-refractivity contribution in [1.29, 1.82) is 0 Å². The molecule has 1 aliphatic heterocycles. The first-order valence-corrected chi connectivity index (χ1v) is 8.82. The van der Waals surface area contributed by atoms with Crippen LogP contribution in [0.25, 0.3) is 10.4 Å². The van der Waals surface area contributed by atoms with Crippen molar-refractivity contribution in [3.8, 4) is 10.4 Å². The molecule has 0 bridgehead atoms. The summed E-state index contributed by atoms with van der Waals surface area (Å²) in [7, 11) is 1.37. The molecule has 2 heterocycles. The van der Waals surface area contributed by atoms with Gasteiger partial charge in [0.05, 0.1) is 18.7 Å². The number of benzene rings is 1. The quantitative estimate of drug-likeness (QED) is 0.623. The van der Waals surface area contributed by atoms with Crippen molar-refractivity contribution in [1.82, 2.24) is 10.6 Å². The number of allylic oxidation sites excluding steroid dienone is 1. The number of rotatable bonds is 3. The lowest BCUT2D eigenvalue weighted by Crippen LogP contribution is -2.44. The number of methoxy groups -OCH3 is 1. The Bertz CT molecular complexity index is 845. The molecule has 124 valence electrons. The molecule has 4 nitrogen and oxygen atoms in total. The molecule has 0 spiro atoms. The van der Waals surface area contributed by atoms with Crippen LogP contribution in [-0.4, -0.2) is 18.2 Å². The summed E-state index contributed by atoms with van der Waals surface area (Å²) < 4.78 is 4.92. The highest BCUT2D eigenvalue weighted by Gasteiger charge is 2.31. The summed E-state index contributed by atoms with van der Waals surface area (Å²) in [4.78, 5) is 14.2. The molecule has 0 saturated heterocycles. The smallest absolute Gasteiger partial charge is 0.337 e. The summed E-state index contributed by atoms with van der Waals surface area (Å²) in [5.41, 5.74) is 2.27. The number of halogens is 1. The van der Waals surface area contributed by atoms with E-state index in [1.165, 1.54) is 7.11 Å². The second-order valence-electron chi connectivity index (χ2n) is 5.27. The number of hydrogen-bond donors (Lipinski definition) is 2. The van der Waals surface area contributed by atoms with Crippen molar-refractivity contribution in [3.63, 3.8) is 0 Å². The van der Waals surface area contributed by atoms with Gasteiger partial charge in [-0.2, -0.15) is 0 Å². The van der Waals surface area contributed by atoms with Crippen molar-refractivity contribution in [2.45, 2.75) is 13.0 Å². The Labute approximate surface area is 154 Å². The van der Waals surface area contributed by atoms with Crippen LogP contribution in [0, 0.1) is 0 Å². The molecule has 3 rings (SSSR count). The summed E-state index contributed by atoms with van der Waals surface area (Å²) in [6, 6.07) is 11.4. The molecule has 0 radical (unpaired) electrons. The van der Waals surface area contributed by atoms with Gasteiger partial charge in [-0.3, -0.25) is 0 Å². The maximum atomic E-state index is 12.2. The van der Waals surface area contributed by atoms with E-state index >= 15 is 0 Å². The van der Waals surface area contributed by atoms with Gasteiger partial charge in [0.15, 0.2) is 5.11 Å². The molecule has 1 aromatic carbocycles. The maximum absolute atomic E-state index is 12.2. The molecule has 0 unspecified atom stereocenters.